The summed E-state index contributed by atoms with van der Waals surface area (Å²) in [6.45, 7) is 22.5. The van der Waals surface area contributed by atoms with Gasteiger partial charge in [-0.2, -0.15) is 0 Å². The summed E-state index contributed by atoms with van der Waals surface area (Å²) < 4.78 is 62.3. The molecule has 16 bridgehead atoms. The lowest BCUT2D eigenvalue weighted by Crippen LogP contribution is -2.11. The number of hydrogen-bond acceptors (Lipinski definition) is 9. The number of hydrogen-bond donors (Lipinski definition) is 0. The molecular weight excluding hydrogens is 1120 g/mol. The zero-order valence-corrected chi connectivity index (χ0v) is 55.1. The predicted molar refractivity (Wildman–Crippen MR) is 365 cm³/mol. The lowest BCUT2D eigenvalue weighted by Gasteiger charge is -2.24. The number of rotatable bonds is 27. The molecule has 474 valence electrons. The molecule has 2 aliphatic rings. The van der Waals surface area contributed by atoms with E-state index in [1.807, 2.05) is 0 Å². The fourth-order valence-corrected chi connectivity index (χ4v) is 12.7. The van der Waals surface area contributed by atoms with E-state index in [9.17, 15) is 0 Å². The molecular formula is C81H96O9. The first-order valence-electron chi connectivity index (χ1n) is 33.9. The highest BCUT2D eigenvalue weighted by atomic mass is 16.5. The molecule has 0 heterocycles. The van der Waals surface area contributed by atoms with E-state index in [1.165, 1.54) is 0 Å². The topological polar surface area (TPSA) is 83.1 Å². The van der Waals surface area contributed by atoms with Crippen molar-refractivity contribution in [2.75, 3.05) is 52.9 Å². The van der Waals surface area contributed by atoms with Gasteiger partial charge in [-0.1, -0.05) is 165 Å². The lowest BCUT2D eigenvalue weighted by atomic mass is 9.90. The van der Waals surface area contributed by atoms with E-state index in [0.717, 1.165) is 198 Å². The minimum atomic E-state index is 0.302. The SMILES string of the molecule is CCCOc1c2cccc1Cc1cccc(c1OCCC)Cc1cc(COc3cc4c(OCCC)c(c3)Cc3cccc(c3OCCC)Cc3cccc(c3OCCC)Cc3cccc(c3OCCC)C4)cc(c1OCCC)Cc1cccc(c1OCCC)C2. The van der Waals surface area contributed by atoms with Gasteiger partial charge in [0.05, 0.1) is 52.9 Å². The van der Waals surface area contributed by atoms with Gasteiger partial charge in [0, 0.05) is 62.5 Å². The number of ether oxygens (including phenoxy) is 9. The highest BCUT2D eigenvalue weighted by molar-refractivity contribution is 5.60. The molecule has 0 fully saturated rings. The largest absolute Gasteiger partial charge is 0.493 e. The minimum absolute atomic E-state index is 0.302. The van der Waals surface area contributed by atoms with Crippen molar-refractivity contribution in [3.63, 3.8) is 0 Å². The van der Waals surface area contributed by atoms with Gasteiger partial charge in [0.25, 0.3) is 0 Å². The van der Waals surface area contributed by atoms with Crippen molar-refractivity contribution in [3.05, 3.63) is 228 Å². The zero-order chi connectivity index (χ0) is 62.6. The molecule has 0 aromatic heterocycles. The third-order valence-corrected chi connectivity index (χ3v) is 16.6. The first kappa shape index (κ1) is 64.9. The molecule has 0 unspecified atom stereocenters. The standard InChI is InChI=1S/C81H96O9/c1-9-35-82-74-57-23-17-24-58(74)46-62-28-20-32-66(77(62)85-38-12-4)50-70-44-56(43-69(80(70)88-41-15-7)49-65-31-19-27-61(45-57)76(65)84-37-11-3)55-90-73-53-71-51-67-33-21-29-63(78(67)86-39-13-5)47-59-25-18-26-60(75(59)83-36-10-2)48-64-30-22-34-68(79(64)87-40-14-6)52-72(54-73)81(71)89-42-16-8/h17-34,43-44,53-54H,9-16,35-42,45-52,55H2,1-8H3. The van der Waals surface area contributed by atoms with Crippen LogP contribution in [0.25, 0.3) is 0 Å². The van der Waals surface area contributed by atoms with E-state index in [4.69, 9.17) is 42.6 Å². The van der Waals surface area contributed by atoms with Crippen molar-refractivity contribution in [2.24, 2.45) is 0 Å². The van der Waals surface area contributed by atoms with Crippen LogP contribution in [0.1, 0.15) is 201 Å². The predicted octanol–water partition coefficient (Wildman–Crippen LogP) is 18.9. The summed E-state index contributed by atoms with van der Waals surface area (Å²) in [7, 11) is 0. The Hall–Kier alpha value is -8.04. The Bertz CT molecular complexity index is 3210. The normalized spacial score (nSPS) is 12.6. The number of benzene rings is 8. The summed E-state index contributed by atoms with van der Waals surface area (Å²) in [6.07, 6.45) is 12.0. The molecule has 0 saturated carbocycles. The van der Waals surface area contributed by atoms with Crippen molar-refractivity contribution in [1.29, 1.82) is 0 Å². The van der Waals surface area contributed by atoms with Gasteiger partial charge in [-0.25, -0.2) is 0 Å². The quantitative estimate of drug-likeness (QED) is 0.0500. The van der Waals surface area contributed by atoms with Crippen LogP contribution in [-0.4, -0.2) is 52.9 Å². The van der Waals surface area contributed by atoms with E-state index in [-0.39, 0.29) is 0 Å². The lowest BCUT2D eigenvalue weighted by molar-refractivity contribution is 0.295. The van der Waals surface area contributed by atoms with E-state index in [1.54, 1.807) is 0 Å². The second kappa shape index (κ2) is 32.6. The second-order valence-corrected chi connectivity index (χ2v) is 24.2. The Balaban J connectivity index is 1.14. The van der Waals surface area contributed by atoms with Crippen LogP contribution in [0.15, 0.2) is 133 Å². The van der Waals surface area contributed by atoms with Gasteiger partial charge in [-0.15, -0.1) is 0 Å². The minimum Gasteiger partial charge on any atom is -0.493 e. The fraction of sp³-hybridized carbons (Fsp3) is 0.407. The van der Waals surface area contributed by atoms with Crippen molar-refractivity contribution in [3.8, 4) is 51.7 Å². The Kier molecular flexibility index (Phi) is 23.5. The van der Waals surface area contributed by atoms with Crippen LogP contribution < -0.4 is 42.6 Å². The average molecular weight is 1210 g/mol. The van der Waals surface area contributed by atoms with Gasteiger partial charge < -0.3 is 42.6 Å². The first-order chi connectivity index (χ1) is 44.3. The molecule has 90 heavy (non-hydrogen) atoms. The smallest absolute Gasteiger partial charge is 0.126 e. The van der Waals surface area contributed by atoms with Gasteiger partial charge in [-0.3, -0.25) is 0 Å². The van der Waals surface area contributed by atoms with Crippen LogP contribution in [0.5, 0.6) is 51.7 Å². The van der Waals surface area contributed by atoms with Crippen molar-refractivity contribution >= 4 is 0 Å². The molecule has 10 rings (SSSR count). The highest BCUT2D eigenvalue weighted by Gasteiger charge is 2.26. The summed E-state index contributed by atoms with van der Waals surface area (Å²) in [5.74, 6) is 8.11. The number of fused-ring (bicyclic) bond motifs is 16. The molecule has 2 aliphatic carbocycles. The average Bonchev–Trinajstić information content (AvgIpc) is 1.10. The molecule has 0 aliphatic heterocycles. The molecule has 0 amide bonds. The van der Waals surface area contributed by atoms with Crippen LogP contribution in [0.4, 0.5) is 0 Å². The molecule has 9 nitrogen and oxygen atoms in total. The molecule has 0 N–H and O–H groups in total. The van der Waals surface area contributed by atoms with Crippen LogP contribution in [0.3, 0.4) is 0 Å². The highest BCUT2D eigenvalue weighted by Crippen LogP contribution is 2.44. The Labute approximate surface area is 537 Å². The summed E-state index contributed by atoms with van der Waals surface area (Å²) in [6, 6.07) is 48.8. The third-order valence-electron chi connectivity index (χ3n) is 16.6. The van der Waals surface area contributed by atoms with Crippen LogP contribution in [-0.2, 0) is 58.0 Å². The fourth-order valence-electron chi connectivity index (χ4n) is 12.7. The van der Waals surface area contributed by atoms with Gasteiger partial charge in [0.1, 0.15) is 58.4 Å². The first-order valence-corrected chi connectivity index (χ1v) is 33.9. The maximum atomic E-state index is 7.30. The van der Waals surface area contributed by atoms with Crippen molar-refractivity contribution < 1.29 is 42.6 Å². The van der Waals surface area contributed by atoms with Crippen LogP contribution in [0.2, 0.25) is 0 Å². The Morgan fingerprint density at radius 3 is 0.567 bits per heavy atom. The summed E-state index contributed by atoms with van der Waals surface area (Å²) in [4.78, 5) is 0. The zero-order valence-electron chi connectivity index (χ0n) is 55.1. The van der Waals surface area contributed by atoms with E-state index in [0.29, 0.717) is 111 Å². The van der Waals surface area contributed by atoms with E-state index < -0.39 is 0 Å². The van der Waals surface area contributed by atoms with E-state index in [2.05, 4.69) is 189 Å². The molecule has 8 aromatic rings. The molecule has 0 saturated heterocycles. The Morgan fingerprint density at radius 2 is 0.378 bits per heavy atom. The molecule has 8 aromatic carbocycles. The monoisotopic (exact) mass is 1210 g/mol. The molecule has 0 radical (unpaired) electrons. The molecule has 0 spiro atoms. The maximum Gasteiger partial charge on any atom is 0.126 e. The summed E-state index contributed by atoms with van der Waals surface area (Å²) >= 11 is 0. The summed E-state index contributed by atoms with van der Waals surface area (Å²) in [5, 5.41) is 0. The van der Waals surface area contributed by atoms with Crippen molar-refractivity contribution in [2.45, 2.75) is 165 Å². The Morgan fingerprint density at radius 1 is 0.211 bits per heavy atom. The van der Waals surface area contributed by atoms with Gasteiger partial charge in [-0.05, 0) is 159 Å². The van der Waals surface area contributed by atoms with Crippen molar-refractivity contribution in [1.82, 2.24) is 0 Å². The van der Waals surface area contributed by atoms with E-state index >= 15 is 0 Å². The molecule has 0 atom stereocenters. The maximum absolute atomic E-state index is 7.30. The third kappa shape index (κ3) is 15.9. The van der Waals surface area contributed by atoms with Gasteiger partial charge >= 0.3 is 0 Å². The van der Waals surface area contributed by atoms with Crippen LogP contribution >= 0.6 is 0 Å². The van der Waals surface area contributed by atoms with Crippen LogP contribution in [0, 0.1) is 0 Å². The molecule has 9 heteroatoms. The second-order valence-electron chi connectivity index (χ2n) is 24.2. The summed E-state index contributed by atoms with van der Waals surface area (Å²) in [5.41, 5.74) is 18.8. The number of para-hydroxylation sites is 6. The van der Waals surface area contributed by atoms with Gasteiger partial charge in [0.2, 0.25) is 0 Å². The van der Waals surface area contributed by atoms with Gasteiger partial charge in [0.15, 0.2) is 0 Å².